The van der Waals surface area contributed by atoms with Crippen LogP contribution in [0.25, 0.3) is 0 Å². The molecule has 1 aromatic rings. The standard InChI is InChI=1S/C7H8BrFN2.ClH/c1-4(10)6-2-5(9)3-11-7(6)8;/h2-4H,10H2,1H3;1H/t4-;/m1./s1. The number of aromatic nitrogens is 1. The van der Waals surface area contributed by atoms with Crippen molar-refractivity contribution in [1.82, 2.24) is 4.98 Å². The van der Waals surface area contributed by atoms with E-state index in [1.807, 2.05) is 0 Å². The van der Waals surface area contributed by atoms with Crippen molar-refractivity contribution < 1.29 is 4.39 Å². The van der Waals surface area contributed by atoms with Gasteiger partial charge in [-0.15, -0.1) is 12.4 Å². The molecule has 1 rings (SSSR count). The quantitative estimate of drug-likeness (QED) is 0.783. The zero-order valence-electron chi connectivity index (χ0n) is 6.42. The predicted octanol–water partition coefficient (Wildman–Crippen LogP) is 2.42. The van der Waals surface area contributed by atoms with E-state index in [0.717, 1.165) is 6.20 Å². The van der Waals surface area contributed by atoms with Crippen LogP contribution in [0.2, 0.25) is 0 Å². The smallest absolute Gasteiger partial charge is 0.141 e. The molecule has 0 radical (unpaired) electrons. The summed E-state index contributed by atoms with van der Waals surface area (Å²) in [6.45, 7) is 1.78. The fourth-order valence-corrected chi connectivity index (χ4v) is 1.34. The molecule has 0 fully saturated rings. The minimum absolute atomic E-state index is 0. The topological polar surface area (TPSA) is 38.9 Å². The highest BCUT2D eigenvalue weighted by Crippen LogP contribution is 2.19. The SMILES string of the molecule is C[C@@H](N)c1cc(F)cnc1Br.Cl. The molecule has 0 aliphatic carbocycles. The Hall–Kier alpha value is -0.190. The second-order valence-corrected chi connectivity index (χ2v) is 3.07. The first kappa shape index (κ1) is 11.8. The molecule has 5 heteroatoms. The third-order valence-corrected chi connectivity index (χ3v) is 1.99. The van der Waals surface area contributed by atoms with Crippen molar-refractivity contribution in [2.24, 2.45) is 5.73 Å². The molecule has 0 unspecified atom stereocenters. The summed E-state index contributed by atoms with van der Waals surface area (Å²) in [4.78, 5) is 3.76. The molecule has 1 heterocycles. The Kier molecular flexibility index (Phi) is 4.67. The summed E-state index contributed by atoms with van der Waals surface area (Å²) in [5.41, 5.74) is 6.23. The second-order valence-electron chi connectivity index (χ2n) is 2.32. The fourth-order valence-electron chi connectivity index (χ4n) is 0.758. The Morgan fingerprint density at radius 2 is 2.25 bits per heavy atom. The summed E-state index contributed by atoms with van der Waals surface area (Å²) < 4.78 is 13.2. The van der Waals surface area contributed by atoms with Crippen molar-refractivity contribution in [3.63, 3.8) is 0 Å². The summed E-state index contributed by atoms with van der Waals surface area (Å²) in [6.07, 6.45) is 1.15. The zero-order valence-corrected chi connectivity index (χ0v) is 8.82. The molecule has 12 heavy (non-hydrogen) atoms. The van der Waals surface area contributed by atoms with Crippen molar-refractivity contribution in [3.8, 4) is 0 Å². The maximum atomic E-state index is 12.6. The third kappa shape index (κ3) is 2.69. The van der Waals surface area contributed by atoms with Crippen molar-refractivity contribution in [2.45, 2.75) is 13.0 Å². The fraction of sp³-hybridized carbons (Fsp3) is 0.286. The molecule has 2 nitrogen and oxygen atoms in total. The van der Waals surface area contributed by atoms with E-state index in [-0.39, 0.29) is 24.3 Å². The molecule has 0 saturated heterocycles. The number of hydrogen-bond acceptors (Lipinski definition) is 2. The highest BCUT2D eigenvalue weighted by molar-refractivity contribution is 9.10. The van der Waals surface area contributed by atoms with E-state index in [2.05, 4.69) is 20.9 Å². The monoisotopic (exact) mass is 254 g/mol. The van der Waals surface area contributed by atoms with Gasteiger partial charge < -0.3 is 5.73 Å². The molecule has 2 N–H and O–H groups in total. The van der Waals surface area contributed by atoms with E-state index in [1.165, 1.54) is 6.07 Å². The number of nitrogens with zero attached hydrogens (tertiary/aromatic N) is 1. The van der Waals surface area contributed by atoms with Crippen LogP contribution >= 0.6 is 28.3 Å². The molecule has 0 spiro atoms. The number of nitrogens with two attached hydrogens (primary N) is 1. The van der Waals surface area contributed by atoms with E-state index in [9.17, 15) is 4.39 Å². The van der Waals surface area contributed by atoms with Gasteiger partial charge in [0.1, 0.15) is 10.4 Å². The van der Waals surface area contributed by atoms with Crippen LogP contribution in [0, 0.1) is 5.82 Å². The minimum Gasteiger partial charge on any atom is -0.324 e. The molecular weight excluding hydrogens is 246 g/mol. The first-order chi connectivity index (χ1) is 5.11. The Labute approximate surface area is 84.9 Å². The molecule has 1 atom stereocenters. The molecule has 0 aromatic carbocycles. The lowest BCUT2D eigenvalue weighted by Crippen LogP contribution is -2.06. The van der Waals surface area contributed by atoms with E-state index < -0.39 is 0 Å². The Morgan fingerprint density at radius 3 is 2.67 bits per heavy atom. The van der Waals surface area contributed by atoms with Crippen LogP contribution in [-0.4, -0.2) is 4.98 Å². The third-order valence-electron chi connectivity index (χ3n) is 1.32. The largest absolute Gasteiger partial charge is 0.324 e. The lowest BCUT2D eigenvalue weighted by molar-refractivity contribution is 0.613. The first-order valence-electron chi connectivity index (χ1n) is 3.18. The molecule has 68 valence electrons. The molecule has 1 aromatic heterocycles. The van der Waals surface area contributed by atoms with Crippen LogP contribution in [-0.2, 0) is 0 Å². The van der Waals surface area contributed by atoms with Gasteiger partial charge in [0.15, 0.2) is 0 Å². The van der Waals surface area contributed by atoms with Gasteiger partial charge in [-0.25, -0.2) is 9.37 Å². The van der Waals surface area contributed by atoms with Gasteiger partial charge in [-0.05, 0) is 28.9 Å². The molecule has 0 aliphatic heterocycles. The van der Waals surface area contributed by atoms with Crippen LogP contribution in [0.1, 0.15) is 18.5 Å². The summed E-state index contributed by atoms with van der Waals surface area (Å²) in [5, 5.41) is 0. The summed E-state index contributed by atoms with van der Waals surface area (Å²) in [7, 11) is 0. The van der Waals surface area contributed by atoms with Crippen molar-refractivity contribution >= 4 is 28.3 Å². The second kappa shape index (κ2) is 4.74. The molecule has 0 saturated carbocycles. The Morgan fingerprint density at radius 1 is 1.67 bits per heavy atom. The Balaban J connectivity index is 0.00000121. The van der Waals surface area contributed by atoms with Gasteiger partial charge in [-0.1, -0.05) is 0 Å². The van der Waals surface area contributed by atoms with Gasteiger partial charge >= 0.3 is 0 Å². The lowest BCUT2D eigenvalue weighted by Gasteiger charge is -2.06. The molecule has 0 aliphatic rings. The van der Waals surface area contributed by atoms with Gasteiger partial charge in [0.2, 0.25) is 0 Å². The number of hydrogen-bond donors (Lipinski definition) is 1. The molecule has 0 amide bonds. The zero-order chi connectivity index (χ0) is 8.43. The normalized spacial score (nSPS) is 12.0. The maximum Gasteiger partial charge on any atom is 0.141 e. The van der Waals surface area contributed by atoms with Crippen LogP contribution in [0.3, 0.4) is 0 Å². The van der Waals surface area contributed by atoms with E-state index >= 15 is 0 Å². The number of pyridine rings is 1. The van der Waals surface area contributed by atoms with Gasteiger partial charge in [-0.2, -0.15) is 0 Å². The van der Waals surface area contributed by atoms with Gasteiger partial charge in [-0.3, -0.25) is 0 Å². The average molecular weight is 256 g/mol. The molecular formula is C7H9BrClFN2. The van der Waals surface area contributed by atoms with E-state index in [1.54, 1.807) is 6.92 Å². The highest BCUT2D eigenvalue weighted by atomic mass is 79.9. The average Bonchev–Trinajstić information content (AvgIpc) is 1.94. The minimum atomic E-state index is -0.361. The number of halogens is 3. The summed E-state index contributed by atoms with van der Waals surface area (Å²) >= 11 is 3.17. The first-order valence-corrected chi connectivity index (χ1v) is 3.97. The van der Waals surface area contributed by atoms with Crippen molar-refractivity contribution in [2.75, 3.05) is 0 Å². The van der Waals surface area contributed by atoms with Crippen LogP contribution in [0.4, 0.5) is 4.39 Å². The van der Waals surface area contributed by atoms with E-state index in [0.29, 0.717) is 10.2 Å². The van der Waals surface area contributed by atoms with Crippen molar-refractivity contribution in [1.29, 1.82) is 0 Å². The highest BCUT2D eigenvalue weighted by Gasteiger charge is 2.06. The van der Waals surface area contributed by atoms with Crippen LogP contribution in [0.15, 0.2) is 16.9 Å². The molecule has 0 bridgehead atoms. The number of rotatable bonds is 1. The lowest BCUT2D eigenvalue weighted by atomic mass is 10.2. The van der Waals surface area contributed by atoms with Crippen LogP contribution in [0.5, 0.6) is 0 Å². The van der Waals surface area contributed by atoms with Gasteiger partial charge in [0.25, 0.3) is 0 Å². The predicted molar refractivity (Wildman–Crippen MR) is 51.7 cm³/mol. The Bertz CT molecular complexity index is 268. The van der Waals surface area contributed by atoms with E-state index in [4.69, 9.17) is 5.73 Å². The van der Waals surface area contributed by atoms with Gasteiger partial charge in [0.05, 0.1) is 6.20 Å². The maximum absolute atomic E-state index is 12.6. The summed E-state index contributed by atoms with van der Waals surface area (Å²) in [5.74, 6) is -0.361. The van der Waals surface area contributed by atoms with Crippen LogP contribution < -0.4 is 5.73 Å². The van der Waals surface area contributed by atoms with Crippen molar-refractivity contribution in [3.05, 3.63) is 28.2 Å². The summed E-state index contributed by atoms with van der Waals surface area (Å²) in [6, 6.07) is 1.18. The van der Waals surface area contributed by atoms with Gasteiger partial charge in [0, 0.05) is 11.6 Å².